The molecule has 1 atom stereocenters. The molecule has 1 aromatic carbocycles. The van der Waals surface area contributed by atoms with Gasteiger partial charge in [0.25, 0.3) is 0 Å². The summed E-state index contributed by atoms with van der Waals surface area (Å²) >= 11 is 3.11. The summed E-state index contributed by atoms with van der Waals surface area (Å²) in [5.74, 6) is -1.12. The number of nitrogens with zero attached hydrogens (tertiary/aromatic N) is 1. The van der Waals surface area contributed by atoms with Crippen LogP contribution in [0.3, 0.4) is 0 Å². The molecule has 0 amide bonds. The van der Waals surface area contributed by atoms with Crippen molar-refractivity contribution in [1.29, 1.82) is 0 Å². The number of benzene rings is 1. The van der Waals surface area contributed by atoms with Crippen LogP contribution >= 0.6 is 15.9 Å². The van der Waals surface area contributed by atoms with Crippen LogP contribution in [-0.4, -0.2) is 48.1 Å². The van der Waals surface area contributed by atoms with Gasteiger partial charge in [0.05, 0.1) is 17.1 Å². The fraction of sp³-hybridized carbons (Fsp3) is 0.417. The molecule has 1 aromatic rings. The van der Waals surface area contributed by atoms with Gasteiger partial charge in [-0.2, -0.15) is 4.31 Å². The number of hydrogen-bond acceptors (Lipinski definition) is 4. The first-order valence-electron chi connectivity index (χ1n) is 6.03. The van der Waals surface area contributed by atoms with Crippen LogP contribution in [0.1, 0.15) is 23.2 Å². The van der Waals surface area contributed by atoms with E-state index in [1.165, 1.54) is 22.5 Å². The third-order valence-corrected chi connectivity index (χ3v) is 6.23. The Morgan fingerprint density at radius 3 is 2.70 bits per heavy atom. The molecule has 0 radical (unpaired) electrons. The maximum absolute atomic E-state index is 12.5. The van der Waals surface area contributed by atoms with Gasteiger partial charge in [-0.05, 0) is 47.0 Å². The Morgan fingerprint density at radius 1 is 1.45 bits per heavy atom. The second-order valence-corrected chi connectivity index (χ2v) is 7.26. The van der Waals surface area contributed by atoms with Gasteiger partial charge in [-0.25, -0.2) is 13.2 Å². The maximum Gasteiger partial charge on any atom is 0.335 e. The van der Waals surface area contributed by atoms with Gasteiger partial charge >= 0.3 is 5.97 Å². The largest absolute Gasteiger partial charge is 0.478 e. The molecular weight excluding hydrogens is 350 g/mol. The molecule has 2 N–H and O–H groups in total. The molecule has 20 heavy (non-hydrogen) atoms. The van der Waals surface area contributed by atoms with Crippen LogP contribution in [0.25, 0.3) is 0 Å². The second-order valence-electron chi connectivity index (χ2n) is 4.54. The Balaban J connectivity index is 2.42. The Morgan fingerprint density at radius 2 is 2.15 bits per heavy atom. The number of aliphatic hydroxyl groups is 1. The average molecular weight is 364 g/mol. The summed E-state index contributed by atoms with van der Waals surface area (Å²) in [7, 11) is -3.74. The van der Waals surface area contributed by atoms with E-state index in [0.29, 0.717) is 19.4 Å². The molecule has 0 saturated carbocycles. The number of aromatic carboxylic acids is 1. The minimum absolute atomic E-state index is 0.0101. The van der Waals surface area contributed by atoms with Gasteiger partial charge < -0.3 is 10.2 Å². The molecule has 1 unspecified atom stereocenters. The third kappa shape index (κ3) is 2.73. The minimum Gasteiger partial charge on any atom is -0.478 e. The number of sulfonamides is 1. The number of rotatable bonds is 4. The number of carboxylic acids is 1. The van der Waals surface area contributed by atoms with Crippen LogP contribution in [0.2, 0.25) is 0 Å². The van der Waals surface area contributed by atoms with Crippen LogP contribution < -0.4 is 0 Å². The zero-order valence-corrected chi connectivity index (χ0v) is 12.9. The molecule has 0 aromatic heterocycles. The van der Waals surface area contributed by atoms with Crippen molar-refractivity contribution < 1.29 is 23.4 Å². The van der Waals surface area contributed by atoms with Crippen molar-refractivity contribution >= 4 is 31.9 Å². The Kier molecular flexibility index (Phi) is 4.48. The molecule has 1 heterocycles. The van der Waals surface area contributed by atoms with Crippen molar-refractivity contribution in [2.45, 2.75) is 23.8 Å². The van der Waals surface area contributed by atoms with Crippen molar-refractivity contribution in [2.24, 2.45) is 0 Å². The fourth-order valence-electron chi connectivity index (χ4n) is 2.28. The highest BCUT2D eigenvalue weighted by Gasteiger charge is 2.35. The smallest absolute Gasteiger partial charge is 0.335 e. The lowest BCUT2D eigenvalue weighted by atomic mass is 10.2. The topological polar surface area (TPSA) is 94.9 Å². The SMILES string of the molecule is O=C(O)c1ccc(S(=O)(=O)N2CCCC2CO)c(Br)c1. The lowest BCUT2D eigenvalue weighted by Crippen LogP contribution is -2.37. The third-order valence-electron chi connectivity index (χ3n) is 3.30. The molecule has 1 aliphatic heterocycles. The number of aliphatic hydroxyl groups excluding tert-OH is 1. The fourth-order valence-corrected chi connectivity index (χ4v) is 5.00. The molecule has 110 valence electrons. The molecule has 6 nitrogen and oxygen atoms in total. The van der Waals surface area contributed by atoms with E-state index in [-0.39, 0.29) is 21.5 Å². The van der Waals surface area contributed by atoms with E-state index < -0.39 is 22.0 Å². The number of hydrogen-bond donors (Lipinski definition) is 2. The summed E-state index contributed by atoms with van der Waals surface area (Å²) in [5, 5.41) is 18.1. The first-order valence-corrected chi connectivity index (χ1v) is 8.26. The summed E-state index contributed by atoms with van der Waals surface area (Å²) in [6, 6.07) is 3.38. The summed E-state index contributed by atoms with van der Waals surface area (Å²) < 4.78 is 26.6. The first-order chi connectivity index (χ1) is 9.37. The van der Waals surface area contributed by atoms with E-state index in [0.717, 1.165) is 0 Å². The molecule has 1 saturated heterocycles. The minimum atomic E-state index is -3.74. The van der Waals surface area contributed by atoms with Gasteiger partial charge in [0, 0.05) is 17.1 Å². The van der Waals surface area contributed by atoms with Gasteiger partial charge in [-0.1, -0.05) is 0 Å². The van der Waals surface area contributed by atoms with Crippen LogP contribution in [-0.2, 0) is 10.0 Å². The highest BCUT2D eigenvalue weighted by Crippen LogP contribution is 2.30. The van der Waals surface area contributed by atoms with Crippen molar-refractivity contribution in [3.8, 4) is 0 Å². The molecular formula is C12H14BrNO5S. The predicted octanol–water partition coefficient (Wildman–Crippen LogP) is 1.29. The number of halogens is 1. The lowest BCUT2D eigenvalue weighted by Gasteiger charge is -2.23. The second kappa shape index (κ2) is 5.80. The van der Waals surface area contributed by atoms with Gasteiger partial charge in [-0.3, -0.25) is 0 Å². The number of carboxylic acid groups (broad SMARTS) is 1. The van der Waals surface area contributed by atoms with E-state index in [2.05, 4.69) is 15.9 Å². The molecule has 0 spiro atoms. The molecule has 8 heteroatoms. The quantitative estimate of drug-likeness (QED) is 0.840. The lowest BCUT2D eigenvalue weighted by molar-refractivity contribution is 0.0696. The van der Waals surface area contributed by atoms with Crippen LogP contribution in [0.5, 0.6) is 0 Å². The summed E-state index contributed by atoms with van der Waals surface area (Å²) in [5.41, 5.74) is 0.0101. The molecule has 0 aliphatic carbocycles. The van der Waals surface area contributed by atoms with Gasteiger partial charge in [0.15, 0.2) is 0 Å². The molecule has 2 rings (SSSR count). The first kappa shape index (κ1) is 15.4. The van der Waals surface area contributed by atoms with Gasteiger partial charge in [0.1, 0.15) is 0 Å². The molecule has 1 fully saturated rings. The molecule has 0 bridgehead atoms. The predicted molar refractivity (Wildman–Crippen MR) is 75.1 cm³/mol. The highest BCUT2D eigenvalue weighted by molar-refractivity contribution is 9.10. The summed E-state index contributed by atoms with van der Waals surface area (Å²) in [6.45, 7) is 0.144. The Labute approximate surface area is 125 Å². The average Bonchev–Trinajstić information content (AvgIpc) is 2.87. The Bertz CT molecular complexity index is 631. The standard InChI is InChI=1S/C12H14BrNO5S/c13-10-6-8(12(16)17)3-4-11(10)20(18,19)14-5-1-2-9(14)7-15/h3-4,6,9,15H,1-2,5,7H2,(H,16,17). The number of carbonyl (C=O) groups is 1. The zero-order chi connectivity index (χ0) is 14.9. The van der Waals surface area contributed by atoms with Crippen LogP contribution in [0.15, 0.2) is 27.6 Å². The highest BCUT2D eigenvalue weighted by atomic mass is 79.9. The van der Waals surface area contributed by atoms with Gasteiger partial charge in [0.2, 0.25) is 10.0 Å². The summed E-state index contributed by atoms with van der Waals surface area (Å²) in [6.07, 6.45) is 1.33. The van der Waals surface area contributed by atoms with Crippen molar-refractivity contribution in [2.75, 3.05) is 13.2 Å². The van der Waals surface area contributed by atoms with E-state index in [1.54, 1.807) is 0 Å². The van der Waals surface area contributed by atoms with E-state index in [1.807, 2.05) is 0 Å². The molecule has 1 aliphatic rings. The van der Waals surface area contributed by atoms with E-state index in [4.69, 9.17) is 5.11 Å². The van der Waals surface area contributed by atoms with E-state index >= 15 is 0 Å². The van der Waals surface area contributed by atoms with E-state index in [9.17, 15) is 18.3 Å². The monoisotopic (exact) mass is 363 g/mol. The van der Waals surface area contributed by atoms with Crippen LogP contribution in [0.4, 0.5) is 0 Å². The maximum atomic E-state index is 12.5. The zero-order valence-electron chi connectivity index (χ0n) is 10.5. The summed E-state index contributed by atoms with van der Waals surface area (Å²) in [4.78, 5) is 10.9. The van der Waals surface area contributed by atoms with Crippen molar-refractivity contribution in [3.05, 3.63) is 28.2 Å². The van der Waals surface area contributed by atoms with Gasteiger partial charge in [-0.15, -0.1) is 0 Å². The van der Waals surface area contributed by atoms with Crippen LogP contribution in [0, 0.1) is 0 Å². The van der Waals surface area contributed by atoms with Crippen molar-refractivity contribution in [1.82, 2.24) is 4.31 Å². The normalized spacial score (nSPS) is 20.2. The Hall–Kier alpha value is -0.960. The van der Waals surface area contributed by atoms with Crippen molar-refractivity contribution in [3.63, 3.8) is 0 Å².